The van der Waals surface area contributed by atoms with E-state index in [0.29, 0.717) is 16.7 Å². The lowest BCUT2D eigenvalue weighted by molar-refractivity contribution is -0.123. The summed E-state index contributed by atoms with van der Waals surface area (Å²) in [4.78, 5) is 25.7. The molecular weight excluding hydrogens is 410 g/mol. The van der Waals surface area contributed by atoms with Crippen molar-refractivity contribution in [2.24, 2.45) is 18.7 Å². The Hall–Kier alpha value is -2.19. The zero-order chi connectivity index (χ0) is 19.4. The number of benzene rings is 1. The van der Waals surface area contributed by atoms with Gasteiger partial charge in [-0.2, -0.15) is 5.10 Å². The van der Waals surface area contributed by atoms with Crippen LogP contribution < -0.4 is 16.6 Å². The highest BCUT2D eigenvalue weighted by atomic mass is 79.9. The molecule has 1 aromatic carbocycles. The minimum absolute atomic E-state index is 0.0471. The van der Waals surface area contributed by atoms with Gasteiger partial charge >= 0.3 is 0 Å². The van der Waals surface area contributed by atoms with Crippen molar-refractivity contribution in [2.75, 3.05) is 18.4 Å². The second-order valence-electron chi connectivity index (χ2n) is 6.95. The summed E-state index contributed by atoms with van der Waals surface area (Å²) in [7, 11) is 1.61. The molecule has 1 unspecified atom stereocenters. The number of nitrogens with zero attached hydrogens (tertiary/aromatic N) is 3. The molecule has 0 saturated carbocycles. The Morgan fingerprint density at radius 2 is 2.19 bits per heavy atom. The maximum atomic E-state index is 11.9. The maximum absolute atomic E-state index is 11.9. The van der Waals surface area contributed by atoms with Gasteiger partial charge in [0.15, 0.2) is 0 Å². The Morgan fingerprint density at radius 3 is 2.96 bits per heavy atom. The lowest BCUT2D eigenvalue weighted by atomic mass is 9.97. The van der Waals surface area contributed by atoms with Crippen molar-refractivity contribution < 1.29 is 4.79 Å². The van der Waals surface area contributed by atoms with E-state index in [1.54, 1.807) is 13.2 Å². The van der Waals surface area contributed by atoms with Crippen LogP contribution in [0.4, 0.5) is 5.69 Å². The molecule has 0 spiro atoms. The third kappa shape index (κ3) is 4.95. The second-order valence-corrected chi connectivity index (χ2v) is 7.74. The first kappa shape index (κ1) is 19.6. The van der Waals surface area contributed by atoms with Crippen molar-refractivity contribution in [3.63, 3.8) is 0 Å². The van der Waals surface area contributed by atoms with Crippen LogP contribution in [0.25, 0.3) is 0 Å². The molecule has 1 amide bonds. The lowest BCUT2D eigenvalue weighted by Gasteiger charge is -2.31. The minimum Gasteiger partial charge on any atom is -0.379 e. The number of aromatic nitrogens is 2. The number of hydrogen-bond donors (Lipinski definition) is 2. The average Bonchev–Trinajstić information content (AvgIpc) is 2.66. The number of aryl methyl sites for hydroxylation is 1. The summed E-state index contributed by atoms with van der Waals surface area (Å²) in [6, 6.07) is 8.30. The van der Waals surface area contributed by atoms with Crippen LogP contribution in [0.3, 0.4) is 0 Å². The molecule has 1 atom stereocenters. The van der Waals surface area contributed by atoms with Crippen LogP contribution in [-0.2, 0) is 24.9 Å². The van der Waals surface area contributed by atoms with Gasteiger partial charge in [-0.05, 0) is 46.4 Å². The van der Waals surface area contributed by atoms with Gasteiger partial charge in [-0.15, -0.1) is 0 Å². The van der Waals surface area contributed by atoms with E-state index < -0.39 is 0 Å². The van der Waals surface area contributed by atoms with E-state index in [4.69, 9.17) is 5.73 Å². The molecule has 1 aliphatic heterocycles. The van der Waals surface area contributed by atoms with Crippen molar-refractivity contribution in [3.8, 4) is 0 Å². The Kier molecular flexibility index (Phi) is 6.28. The van der Waals surface area contributed by atoms with Crippen molar-refractivity contribution >= 4 is 27.5 Å². The third-order valence-electron chi connectivity index (χ3n) is 4.87. The highest BCUT2D eigenvalue weighted by Gasteiger charge is 2.23. The fraction of sp³-hybridized carbons (Fsp3) is 0.421. The molecule has 1 saturated heterocycles. The van der Waals surface area contributed by atoms with E-state index in [9.17, 15) is 9.59 Å². The lowest BCUT2D eigenvalue weighted by Crippen LogP contribution is -2.40. The molecule has 0 bridgehead atoms. The Balaban J connectivity index is 1.63. The molecule has 1 aliphatic rings. The predicted molar refractivity (Wildman–Crippen MR) is 108 cm³/mol. The van der Waals surface area contributed by atoms with Crippen LogP contribution in [-0.4, -0.2) is 33.7 Å². The highest BCUT2D eigenvalue weighted by Crippen LogP contribution is 2.20. The molecule has 7 nitrogen and oxygen atoms in total. The number of likely N-dealkylation sites (tertiary alicyclic amines) is 1. The van der Waals surface area contributed by atoms with Gasteiger partial charge in [-0.25, -0.2) is 4.68 Å². The third-order valence-corrected chi connectivity index (χ3v) is 5.63. The quantitative estimate of drug-likeness (QED) is 0.724. The summed E-state index contributed by atoms with van der Waals surface area (Å²) in [6.45, 7) is 3.10. The Morgan fingerprint density at radius 1 is 1.41 bits per heavy atom. The number of halogens is 1. The van der Waals surface area contributed by atoms with Crippen molar-refractivity contribution in [2.45, 2.75) is 25.9 Å². The van der Waals surface area contributed by atoms with Gasteiger partial charge in [0.05, 0.1) is 17.8 Å². The Labute approximate surface area is 166 Å². The normalized spacial score (nSPS) is 17.6. The zero-order valence-corrected chi connectivity index (χ0v) is 16.9. The molecule has 2 heterocycles. The first-order valence-electron chi connectivity index (χ1n) is 8.99. The molecule has 3 N–H and O–H groups in total. The van der Waals surface area contributed by atoms with Crippen LogP contribution in [0.15, 0.2) is 39.7 Å². The molecule has 144 valence electrons. The summed E-state index contributed by atoms with van der Waals surface area (Å²) in [6.07, 6.45) is 3.52. The van der Waals surface area contributed by atoms with Crippen LogP contribution in [0.2, 0.25) is 0 Å². The van der Waals surface area contributed by atoms with E-state index >= 15 is 0 Å². The number of nitrogens with two attached hydrogens (primary N) is 1. The molecule has 8 heteroatoms. The molecule has 0 radical (unpaired) electrons. The van der Waals surface area contributed by atoms with Crippen molar-refractivity contribution in [1.29, 1.82) is 0 Å². The molecular formula is C19H24BrN5O2. The monoisotopic (exact) mass is 433 g/mol. The van der Waals surface area contributed by atoms with Gasteiger partial charge in [0, 0.05) is 26.7 Å². The molecule has 27 heavy (non-hydrogen) atoms. The molecule has 1 aromatic heterocycles. The van der Waals surface area contributed by atoms with E-state index in [0.717, 1.165) is 38.0 Å². The van der Waals surface area contributed by atoms with Gasteiger partial charge < -0.3 is 11.1 Å². The van der Waals surface area contributed by atoms with Crippen molar-refractivity contribution in [3.05, 3.63) is 56.4 Å². The number of nitrogens with one attached hydrogen (secondary N) is 1. The Bertz CT molecular complexity index is 883. The fourth-order valence-electron chi connectivity index (χ4n) is 3.36. The summed E-state index contributed by atoms with van der Waals surface area (Å²) in [5.41, 5.74) is 8.27. The average molecular weight is 434 g/mol. The molecule has 1 fully saturated rings. The van der Waals surface area contributed by atoms with Gasteiger partial charge in [-0.1, -0.05) is 24.3 Å². The highest BCUT2D eigenvalue weighted by molar-refractivity contribution is 9.10. The molecule has 0 aliphatic carbocycles. The standard InChI is InChI=1S/C19H24BrN5O2/c1-24-19(27)17(20)16(10-23-24)22-9-13-4-2-5-14(8-13)11-25-7-3-6-15(12-25)18(21)26/h2,4-5,8,10,15,22H,3,6-7,9,11-12H2,1H3,(H2,21,26). The minimum atomic E-state index is -0.203. The van der Waals surface area contributed by atoms with Crippen LogP contribution >= 0.6 is 15.9 Å². The number of piperidine rings is 1. The van der Waals surface area contributed by atoms with Gasteiger partial charge in [0.2, 0.25) is 5.91 Å². The number of hydrogen-bond acceptors (Lipinski definition) is 5. The van der Waals surface area contributed by atoms with Gasteiger partial charge in [0.25, 0.3) is 5.56 Å². The molecule has 3 rings (SSSR count). The van der Waals surface area contributed by atoms with Crippen LogP contribution in [0.5, 0.6) is 0 Å². The smallest absolute Gasteiger partial charge is 0.282 e. The number of primary amides is 1. The number of amides is 1. The van der Waals surface area contributed by atoms with Gasteiger partial charge in [0.1, 0.15) is 4.47 Å². The molecule has 2 aromatic rings. The van der Waals surface area contributed by atoms with E-state index in [2.05, 4.69) is 43.4 Å². The SMILES string of the molecule is Cn1ncc(NCc2cccc(CN3CCCC(C(N)=O)C3)c2)c(Br)c1=O. The van der Waals surface area contributed by atoms with Crippen LogP contribution in [0, 0.1) is 5.92 Å². The summed E-state index contributed by atoms with van der Waals surface area (Å²) in [5, 5.41) is 7.29. The fourth-order valence-corrected chi connectivity index (χ4v) is 3.86. The number of carbonyl (C=O) groups is 1. The van der Waals surface area contributed by atoms with E-state index in [1.807, 2.05) is 12.1 Å². The zero-order valence-electron chi connectivity index (χ0n) is 15.3. The number of anilines is 1. The van der Waals surface area contributed by atoms with Crippen LogP contribution in [0.1, 0.15) is 24.0 Å². The summed E-state index contributed by atoms with van der Waals surface area (Å²) in [5.74, 6) is -0.250. The number of rotatable bonds is 6. The topological polar surface area (TPSA) is 93.2 Å². The summed E-state index contributed by atoms with van der Waals surface area (Å²) < 4.78 is 1.76. The predicted octanol–water partition coefficient (Wildman–Crippen LogP) is 1.85. The van der Waals surface area contributed by atoms with Crippen molar-refractivity contribution in [1.82, 2.24) is 14.7 Å². The maximum Gasteiger partial charge on any atom is 0.282 e. The first-order valence-corrected chi connectivity index (χ1v) is 9.78. The first-order chi connectivity index (χ1) is 12.9. The van der Waals surface area contributed by atoms with Gasteiger partial charge in [-0.3, -0.25) is 14.5 Å². The number of carbonyl (C=O) groups excluding carboxylic acids is 1. The van der Waals surface area contributed by atoms with E-state index in [-0.39, 0.29) is 17.4 Å². The second kappa shape index (κ2) is 8.67. The van der Waals surface area contributed by atoms with E-state index in [1.165, 1.54) is 10.2 Å². The largest absolute Gasteiger partial charge is 0.379 e. The summed E-state index contributed by atoms with van der Waals surface area (Å²) >= 11 is 3.32.